The van der Waals surface area contributed by atoms with Gasteiger partial charge < -0.3 is 0 Å². The smallest absolute Gasteiger partial charge is 0.00264 e. The average Bonchev–Trinajstić information content (AvgIpc) is 3.23. The molecular formula is C31H44P2. The van der Waals surface area contributed by atoms with Crippen molar-refractivity contribution in [3.63, 3.8) is 0 Å². The van der Waals surface area contributed by atoms with Gasteiger partial charge in [-0.2, -0.15) is 0 Å². The highest BCUT2D eigenvalue weighted by Crippen LogP contribution is 2.63. The van der Waals surface area contributed by atoms with Gasteiger partial charge in [-0.25, -0.2) is 0 Å². The number of benzene rings is 2. The molecule has 1 aliphatic carbocycles. The summed E-state index contributed by atoms with van der Waals surface area (Å²) in [7, 11) is -0.536. The number of hydrogen-bond acceptors (Lipinski definition) is 0. The van der Waals surface area contributed by atoms with Crippen LogP contribution in [-0.4, -0.2) is 22.6 Å². The fourth-order valence-corrected chi connectivity index (χ4v) is 12.0. The van der Waals surface area contributed by atoms with Crippen molar-refractivity contribution in [3.05, 3.63) is 83.5 Å². The van der Waals surface area contributed by atoms with Crippen molar-refractivity contribution in [2.75, 3.05) is 12.3 Å². The summed E-state index contributed by atoms with van der Waals surface area (Å²) in [5, 5.41) is 3.90. The maximum Gasteiger partial charge on any atom is 0.00264 e. The van der Waals surface area contributed by atoms with E-state index in [0.717, 1.165) is 0 Å². The number of aryl methyl sites for hydroxylation is 2. The third kappa shape index (κ3) is 6.08. The van der Waals surface area contributed by atoms with Gasteiger partial charge in [0.1, 0.15) is 0 Å². The fourth-order valence-electron chi connectivity index (χ4n) is 5.02. The van der Waals surface area contributed by atoms with Crippen LogP contribution in [0.1, 0.15) is 65.5 Å². The van der Waals surface area contributed by atoms with Gasteiger partial charge >= 0.3 is 0 Å². The second kappa shape index (κ2) is 11.0. The van der Waals surface area contributed by atoms with Gasteiger partial charge in [0.25, 0.3) is 0 Å². The Morgan fingerprint density at radius 2 is 1.24 bits per heavy atom. The summed E-state index contributed by atoms with van der Waals surface area (Å²) in [5.74, 6) is 0.589. The van der Waals surface area contributed by atoms with Gasteiger partial charge in [-0.1, -0.05) is 122 Å². The molecule has 0 radical (unpaired) electrons. The lowest BCUT2D eigenvalue weighted by Gasteiger charge is -2.46. The monoisotopic (exact) mass is 478 g/mol. The first-order valence-corrected chi connectivity index (χ1v) is 15.7. The summed E-state index contributed by atoms with van der Waals surface area (Å²) in [4.78, 5) is 0. The van der Waals surface area contributed by atoms with E-state index in [1.54, 1.807) is 16.2 Å². The topological polar surface area (TPSA) is 0 Å². The minimum absolute atomic E-state index is 0.116. The molecule has 3 rings (SSSR count). The summed E-state index contributed by atoms with van der Waals surface area (Å²) in [6.45, 7) is 19.4. The third-order valence-corrected chi connectivity index (χ3v) is 15.0. The van der Waals surface area contributed by atoms with E-state index in [0.29, 0.717) is 16.2 Å². The van der Waals surface area contributed by atoms with Crippen LogP contribution in [0.2, 0.25) is 0 Å². The lowest BCUT2D eigenvalue weighted by Crippen LogP contribution is -2.32. The number of hydrogen-bond donors (Lipinski definition) is 0. The van der Waals surface area contributed by atoms with E-state index in [1.807, 2.05) is 0 Å². The summed E-state index contributed by atoms with van der Waals surface area (Å²) in [6.07, 6.45) is 12.3. The molecule has 0 nitrogen and oxygen atoms in total. The molecule has 0 spiro atoms. The van der Waals surface area contributed by atoms with E-state index >= 15 is 0 Å². The first kappa shape index (κ1) is 26.4. The Balaban J connectivity index is 1.94. The Kier molecular flexibility index (Phi) is 8.81. The third-order valence-electron chi connectivity index (χ3n) is 7.85. The van der Waals surface area contributed by atoms with Crippen LogP contribution in [0.4, 0.5) is 0 Å². The SMILES string of the molecule is CCC(C)(C)P(CC1C=CC=C1CP(c1ccccc1C)c1ccccc1C)C(C)(C)CC. The molecule has 2 heteroatoms. The van der Waals surface area contributed by atoms with Gasteiger partial charge in [-0.15, -0.1) is 0 Å². The minimum atomic E-state index is -0.420. The highest BCUT2D eigenvalue weighted by molar-refractivity contribution is 7.73. The Labute approximate surface area is 206 Å². The van der Waals surface area contributed by atoms with Crippen LogP contribution >= 0.6 is 15.8 Å². The molecule has 1 aliphatic rings. The predicted molar refractivity (Wildman–Crippen MR) is 155 cm³/mol. The molecule has 0 saturated heterocycles. The van der Waals surface area contributed by atoms with Gasteiger partial charge in [-0.3, -0.25) is 0 Å². The van der Waals surface area contributed by atoms with Gasteiger partial charge in [0.2, 0.25) is 0 Å². The molecule has 1 atom stereocenters. The van der Waals surface area contributed by atoms with Crippen molar-refractivity contribution in [2.24, 2.45) is 5.92 Å². The Morgan fingerprint density at radius 3 is 1.70 bits per heavy atom. The summed E-state index contributed by atoms with van der Waals surface area (Å²) >= 11 is 0. The van der Waals surface area contributed by atoms with Crippen LogP contribution in [0, 0.1) is 19.8 Å². The molecule has 0 N–H and O–H groups in total. The zero-order valence-corrected chi connectivity index (χ0v) is 23.9. The normalized spacial score (nSPS) is 16.7. The number of allylic oxidation sites excluding steroid dienone is 4. The maximum absolute atomic E-state index is 2.52. The van der Waals surface area contributed by atoms with Crippen LogP contribution in [0.3, 0.4) is 0 Å². The van der Waals surface area contributed by atoms with E-state index in [4.69, 9.17) is 0 Å². The Bertz CT molecular complexity index is 934. The van der Waals surface area contributed by atoms with Crippen molar-refractivity contribution >= 4 is 26.5 Å². The van der Waals surface area contributed by atoms with Crippen LogP contribution in [0.15, 0.2) is 72.3 Å². The molecule has 0 fully saturated rings. The molecule has 0 bridgehead atoms. The summed E-state index contributed by atoms with van der Waals surface area (Å²) in [5.41, 5.74) is 4.51. The zero-order valence-electron chi connectivity index (χ0n) is 22.2. The van der Waals surface area contributed by atoms with Crippen molar-refractivity contribution in [1.29, 1.82) is 0 Å². The van der Waals surface area contributed by atoms with Crippen LogP contribution in [0.25, 0.3) is 0 Å². The molecule has 2 aromatic rings. The van der Waals surface area contributed by atoms with Crippen molar-refractivity contribution in [2.45, 2.75) is 78.5 Å². The minimum Gasteiger partial charge on any atom is -0.0942 e. The number of rotatable bonds is 10. The van der Waals surface area contributed by atoms with Crippen LogP contribution < -0.4 is 10.6 Å². The molecule has 178 valence electrons. The van der Waals surface area contributed by atoms with E-state index in [1.165, 1.54) is 36.3 Å². The molecule has 0 heterocycles. The van der Waals surface area contributed by atoms with Crippen molar-refractivity contribution in [1.82, 2.24) is 0 Å². The van der Waals surface area contributed by atoms with Gasteiger partial charge in [0.15, 0.2) is 0 Å². The Morgan fingerprint density at radius 1 is 0.758 bits per heavy atom. The van der Waals surface area contributed by atoms with Gasteiger partial charge in [0, 0.05) is 5.92 Å². The quantitative estimate of drug-likeness (QED) is 0.300. The molecular weight excluding hydrogens is 434 g/mol. The molecule has 0 aromatic heterocycles. The first-order valence-electron chi connectivity index (χ1n) is 12.6. The van der Waals surface area contributed by atoms with E-state index in [-0.39, 0.29) is 7.92 Å². The standard InChI is InChI=1S/C31H44P2/c1-9-30(5,6)33(31(7,8)10-2)23-27-19-15-18-26(27)22-32(28-20-13-11-16-24(28)3)29-21-14-12-17-25(29)4/h11-21,27H,9-10,22-23H2,1-8H3. The predicted octanol–water partition coefficient (Wildman–Crippen LogP) is 8.71. The van der Waals surface area contributed by atoms with E-state index in [9.17, 15) is 0 Å². The Hall–Kier alpha value is -1.22. The van der Waals surface area contributed by atoms with Gasteiger partial charge in [0.05, 0.1) is 0 Å². The lowest BCUT2D eigenvalue weighted by atomic mass is 10.1. The molecule has 0 amide bonds. The molecule has 2 aromatic carbocycles. The highest BCUT2D eigenvalue weighted by atomic mass is 31.1. The molecule has 0 aliphatic heterocycles. The van der Waals surface area contributed by atoms with Gasteiger partial charge in [-0.05, 0) is 79.0 Å². The summed E-state index contributed by atoms with van der Waals surface area (Å²) < 4.78 is 0. The van der Waals surface area contributed by atoms with E-state index < -0.39 is 7.92 Å². The lowest BCUT2D eigenvalue weighted by molar-refractivity contribution is 0.597. The van der Waals surface area contributed by atoms with Crippen LogP contribution in [0.5, 0.6) is 0 Å². The first-order chi connectivity index (χ1) is 15.6. The molecule has 0 saturated carbocycles. The van der Waals surface area contributed by atoms with E-state index in [2.05, 4.69) is 122 Å². The van der Waals surface area contributed by atoms with Crippen molar-refractivity contribution < 1.29 is 0 Å². The zero-order chi connectivity index (χ0) is 24.2. The largest absolute Gasteiger partial charge is 0.0942 e. The van der Waals surface area contributed by atoms with Crippen molar-refractivity contribution in [3.8, 4) is 0 Å². The fraction of sp³-hybridized carbons (Fsp3) is 0.484. The van der Waals surface area contributed by atoms with Crippen LogP contribution in [-0.2, 0) is 0 Å². The second-order valence-corrected chi connectivity index (χ2v) is 16.6. The molecule has 1 unspecified atom stereocenters. The highest BCUT2D eigenvalue weighted by Gasteiger charge is 2.40. The maximum atomic E-state index is 2.52. The summed E-state index contributed by atoms with van der Waals surface area (Å²) in [6, 6.07) is 18.1. The molecule has 33 heavy (non-hydrogen) atoms. The second-order valence-electron chi connectivity index (χ2n) is 10.8. The average molecular weight is 479 g/mol.